The van der Waals surface area contributed by atoms with Crippen molar-refractivity contribution in [2.45, 2.75) is 40.5 Å². The van der Waals surface area contributed by atoms with Crippen LogP contribution in [0.1, 0.15) is 48.4 Å². The smallest absolute Gasteiger partial charge is 0.178 e. The Labute approximate surface area is 139 Å². The van der Waals surface area contributed by atoms with Crippen molar-refractivity contribution in [2.75, 3.05) is 19.6 Å². The van der Waals surface area contributed by atoms with Gasteiger partial charge in [0.2, 0.25) is 0 Å². The number of aromatic nitrogens is 1. The fourth-order valence-corrected chi connectivity index (χ4v) is 3.21. The zero-order chi connectivity index (χ0) is 16.8. The highest BCUT2D eigenvalue weighted by Gasteiger charge is 2.18. The molecular weight excluding hydrogens is 284 g/mol. The SMILES string of the molecule is CCCN(CCC)CC(=O)c1cc(C)n(-c2ccccc2)c1C. The zero-order valence-electron chi connectivity index (χ0n) is 14.8. The molecule has 0 aliphatic carbocycles. The first kappa shape index (κ1) is 17.5. The van der Waals surface area contributed by atoms with Crippen molar-refractivity contribution < 1.29 is 4.79 Å². The summed E-state index contributed by atoms with van der Waals surface area (Å²) < 4.78 is 2.16. The summed E-state index contributed by atoms with van der Waals surface area (Å²) in [6.45, 7) is 10.9. The maximum absolute atomic E-state index is 12.8. The third kappa shape index (κ3) is 4.11. The standard InChI is InChI=1S/C20H28N2O/c1-5-12-21(13-6-2)15-20(23)19-14-16(3)22(17(19)4)18-10-8-7-9-11-18/h7-11,14H,5-6,12-13,15H2,1-4H3. The summed E-state index contributed by atoms with van der Waals surface area (Å²) in [4.78, 5) is 15.0. The predicted octanol–water partition coefficient (Wildman–Crippen LogP) is 4.40. The number of ketones is 1. The Hall–Kier alpha value is -1.87. The van der Waals surface area contributed by atoms with E-state index in [0.717, 1.165) is 48.6 Å². The molecule has 2 rings (SSSR count). The number of Topliss-reactive ketones (excluding diaryl/α,β-unsaturated/α-hetero) is 1. The van der Waals surface area contributed by atoms with Crippen molar-refractivity contribution >= 4 is 5.78 Å². The van der Waals surface area contributed by atoms with Gasteiger partial charge in [0.05, 0.1) is 6.54 Å². The van der Waals surface area contributed by atoms with E-state index < -0.39 is 0 Å². The van der Waals surface area contributed by atoms with E-state index in [0.29, 0.717) is 6.54 Å². The fraction of sp³-hybridized carbons (Fsp3) is 0.450. The van der Waals surface area contributed by atoms with Gasteiger partial charge in [0.25, 0.3) is 0 Å². The van der Waals surface area contributed by atoms with Crippen LogP contribution in [-0.2, 0) is 0 Å². The van der Waals surface area contributed by atoms with E-state index in [-0.39, 0.29) is 5.78 Å². The first-order valence-electron chi connectivity index (χ1n) is 8.58. The molecular formula is C20H28N2O. The van der Waals surface area contributed by atoms with Crippen molar-refractivity contribution in [3.05, 3.63) is 53.3 Å². The van der Waals surface area contributed by atoms with Crippen LogP contribution < -0.4 is 0 Å². The van der Waals surface area contributed by atoms with Crippen LogP contribution in [0.5, 0.6) is 0 Å². The van der Waals surface area contributed by atoms with Gasteiger partial charge >= 0.3 is 0 Å². The summed E-state index contributed by atoms with van der Waals surface area (Å²) in [6, 6.07) is 12.3. The molecule has 0 saturated carbocycles. The Morgan fingerprint density at radius 2 is 1.65 bits per heavy atom. The van der Waals surface area contributed by atoms with Gasteiger partial charge < -0.3 is 4.57 Å². The number of nitrogens with zero attached hydrogens (tertiary/aromatic N) is 2. The van der Waals surface area contributed by atoms with Gasteiger partial charge in [-0.2, -0.15) is 0 Å². The molecule has 23 heavy (non-hydrogen) atoms. The Bertz CT molecular complexity index is 637. The van der Waals surface area contributed by atoms with E-state index in [4.69, 9.17) is 0 Å². The Morgan fingerprint density at radius 3 is 2.22 bits per heavy atom. The summed E-state index contributed by atoms with van der Waals surface area (Å²) in [7, 11) is 0. The summed E-state index contributed by atoms with van der Waals surface area (Å²) in [5, 5.41) is 0. The van der Waals surface area contributed by atoms with Crippen LogP contribution in [-0.4, -0.2) is 34.9 Å². The second-order valence-corrected chi connectivity index (χ2v) is 6.16. The van der Waals surface area contributed by atoms with E-state index in [1.807, 2.05) is 31.2 Å². The summed E-state index contributed by atoms with van der Waals surface area (Å²) in [6.07, 6.45) is 2.16. The Balaban J connectivity index is 2.25. The fourth-order valence-electron chi connectivity index (χ4n) is 3.21. The zero-order valence-corrected chi connectivity index (χ0v) is 14.8. The van der Waals surface area contributed by atoms with Crippen molar-refractivity contribution in [1.82, 2.24) is 9.47 Å². The normalized spacial score (nSPS) is 11.2. The van der Waals surface area contributed by atoms with Crippen molar-refractivity contribution in [1.29, 1.82) is 0 Å². The molecule has 0 saturated heterocycles. The number of rotatable bonds is 8. The van der Waals surface area contributed by atoms with Gasteiger partial charge in [-0.3, -0.25) is 9.69 Å². The number of benzene rings is 1. The molecule has 1 aromatic carbocycles. The largest absolute Gasteiger partial charge is 0.318 e. The van der Waals surface area contributed by atoms with Gasteiger partial charge in [-0.1, -0.05) is 32.0 Å². The monoisotopic (exact) mass is 312 g/mol. The number of hydrogen-bond donors (Lipinski definition) is 0. The van der Waals surface area contributed by atoms with Crippen molar-refractivity contribution in [3.8, 4) is 5.69 Å². The molecule has 0 spiro atoms. The molecule has 1 aromatic heterocycles. The van der Waals surface area contributed by atoms with Crippen molar-refractivity contribution in [3.63, 3.8) is 0 Å². The molecule has 3 heteroatoms. The second-order valence-electron chi connectivity index (χ2n) is 6.16. The molecule has 0 bridgehead atoms. The van der Waals surface area contributed by atoms with Gasteiger partial charge in [-0.05, 0) is 58.0 Å². The van der Waals surface area contributed by atoms with Crippen LogP contribution in [0.2, 0.25) is 0 Å². The Kier molecular flexibility index (Phi) is 6.17. The number of aryl methyl sites for hydroxylation is 1. The molecule has 0 fully saturated rings. The van der Waals surface area contributed by atoms with E-state index in [1.54, 1.807) is 0 Å². The lowest BCUT2D eigenvalue weighted by Crippen LogP contribution is -2.31. The van der Waals surface area contributed by atoms with Gasteiger partial charge in [0.1, 0.15) is 0 Å². The highest BCUT2D eigenvalue weighted by Crippen LogP contribution is 2.21. The molecule has 2 aromatic rings. The van der Waals surface area contributed by atoms with Gasteiger partial charge in [0.15, 0.2) is 5.78 Å². The Morgan fingerprint density at radius 1 is 1.04 bits per heavy atom. The maximum Gasteiger partial charge on any atom is 0.178 e. The molecule has 1 heterocycles. The third-order valence-electron chi connectivity index (χ3n) is 4.19. The van der Waals surface area contributed by atoms with Crippen LogP contribution in [0.4, 0.5) is 0 Å². The van der Waals surface area contributed by atoms with Crippen LogP contribution in [0.15, 0.2) is 36.4 Å². The van der Waals surface area contributed by atoms with E-state index in [2.05, 4.69) is 42.4 Å². The molecule has 0 unspecified atom stereocenters. The molecule has 124 valence electrons. The highest BCUT2D eigenvalue weighted by molar-refractivity contribution is 5.99. The number of carbonyl (C=O) groups excluding carboxylic acids is 1. The van der Waals surface area contributed by atoms with Gasteiger partial charge in [0, 0.05) is 22.6 Å². The molecule has 0 aliphatic heterocycles. The molecule has 0 radical (unpaired) electrons. The molecule has 0 aliphatic rings. The summed E-state index contributed by atoms with van der Waals surface area (Å²) in [5.74, 6) is 0.224. The molecule has 3 nitrogen and oxygen atoms in total. The minimum absolute atomic E-state index is 0.224. The molecule has 0 N–H and O–H groups in total. The number of hydrogen-bond acceptors (Lipinski definition) is 2. The lowest BCUT2D eigenvalue weighted by atomic mass is 10.1. The number of para-hydroxylation sites is 1. The lowest BCUT2D eigenvalue weighted by molar-refractivity contribution is 0.0930. The van der Waals surface area contributed by atoms with Crippen LogP contribution >= 0.6 is 0 Å². The van der Waals surface area contributed by atoms with Gasteiger partial charge in [-0.25, -0.2) is 0 Å². The average Bonchev–Trinajstić information content (AvgIpc) is 2.83. The first-order valence-corrected chi connectivity index (χ1v) is 8.58. The van der Waals surface area contributed by atoms with E-state index >= 15 is 0 Å². The summed E-state index contributed by atoms with van der Waals surface area (Å²) in [5.41, 5.74) is 4.10. The van der Waals surface area contributed by atoms with E-state index in [1.165, 1.54) is 0 Å². The summed E-state index contributed by atoms with van der Waals surface area (Å²) >= 11 is 0. The first-order chi connectivity index (χ1) is 11.1. The third-order valence-corrected chi connectivity index (χ3v) is 4.19. The van der Waals surface area contributed by atoms with Crippen LogP contribution in [0.25, 0.3) is 5.69 Å². The minimum atomic E-state index is 0.224. The van der Waals surface area contributed by atoms with Crippen molar-refractivity contribution in [2.24, 2.45) is 0 Å². The lowest BCUT2D eigenvalue weighted by Gasteiger charge is -2.20. The average molecular weight is 312 g/mol. The maximum atomic E-state index is 12.8. The predicted molar refractivity (Wildman–Crippen MR) is 96.6 cm³/mol. The molecule has 0 atom stereocenters. The highest BCUT2D eigenvalue weighted by atomic mass is 16.1. The van der Waals surface area contributed by atoms with Crippen LogP contribution in [0.3, 0.4) is 0 Å². The van der Waals surface area contributed by atoms with E-state index in [9.17, 15) is 4.79 Å². The van der Waals surface area contributed by atoms with Gasteiger partial charge in [-0.15, -0.1) is 0 Å². The minimum Gasteiger partial charge on any atom is -0.318 e. The molecule has 0 amide bonds. The number of carbonyl (C=O) groups is 1. The second kappa shape index (κ2) is 8.11. The van der Waals surface area contributed by atoms with Crippen LogP contribution in [0, 0.1) is 13.8 Å². The topological polar surface area (TPSA) is 25.2 Å². The quantitative estimate of drug-likeness (QED) is 0.675.